The van der Waals surface area contributed by atoms with Crippen molar-refractivity contribution in [2.45, 2.75) is 25.5 Å². The van der Waals surface area contributed by atoms with Gasteiger partial charge in [-0.25, -0.2) is 0 Å². The molecule has 0 aliphatic carbocycles. The van der Waals surface area contributed by atoms with Gasteiger partial charge in [0.15, 0.2) is 5.16 Å². The van der Waals surface area contributed by atoms with Gasteiger partial charge in [-0.05, 0) is 24.8 Å². The number of nitrogens with zero attached hydrogens (tertiary/aromatic N) is 4. The molecular formula is C13H14N4OS. The molecule has 19 heavy (non-hydrogen) atoms. The van der Waals surface area contributed by atoms with Crippen molar-refractivity contribution in [3.8, 4) is 0 Å². The molecule has 98 valence electrons. The Morgan fingerprint density at radius 3 is 2.74 bits per heavy atom. The van der Waals surface area contributed by atoms with Gasteiger partial charge >= 0.3 is 0 Å². The molecule has 3 rings (SSSR count). The first kappa shape index (κ1) is 12.2. The number of hydrogen-bond donors (Lipinski definition) is 0. The van der Waals surface area contributed by atoms with Crippen LogP contribution >= 0.6 is 11.8 Å². The number of para-hydroxylation sites is 1. The van der Waals surface area contributed by atoms with Crippen LogP contribution in [0.2, 0.25) is 0 Å². The summed E-state index contributed by atoms with van der Waals surface area (Å²) in [4.78, 5) is 12.4. The van der Waals surface area contributed by atoms with Crippen molar-refractivity contribution in [1.29, 1.82) is 0 Å². The molecule has 0 unspecified atom stereocenters. The molecule has 0 aliphatic heterocycles. The highest BCUT2D eigenvalue weighted by Gasteiger charge is 2.14. The van der Waals surface area contributed by atoms with E-state index in [-0.39, 0.29) is 5.56 Å². The van der Waals surface area contributed by atoms with E-state index in [9.17, 15) is 4.79 Å². The summed E-state index contributed by atoms with van der Waals surface area (Å²) in [6, 6.07) is 7.60. The van der Waals surface area contributed by atoms with Gasteiger partial charge in [0.25, 0.3) is 5.56 Å². The zero-order chi connectivity index (χ0) is 13.4. The summed E-state index contributed by atoms with van der Waals surface area (Å²) in [7, 11) is 0. The summed E-state index contributed by atoms with van der Waals surface area (Å²) in [5, 5.41) is 9.91. The zero-order valence-electron chi connectivity index (χ0n) is 10.8. The van der Waals surface area contributed by atoms with E-state index in [2.05, 4.69) is 17.1 Å². The van der Waals surface area contributed by atoms with Crippen LogP contribution in [0.3, 0.4) is 0 Å². The number of rotatable bonds is 3. The Balaban J connectivity index is 2.55. The van der Waals surface area contributed by atoms with E-state index < -0.39 is 0 Å². The Hall–Kier alpha value is -1.82. The number of aromatic nitrogens is 4. The minimum atomic E-state index is -0.00829. The van der Waals surface area contributed by atoms with Gasteiger partial charge in [-0.3, -0.25) is 13.8 Å². The van der Waals surface area contributed by atoms with Gasteiger partial charge in [0.1, 0.15) is 0 Å². The second kappa shape index (κ2) is 4.70. The van der Waals surface area contributed by atoms with Crippen LogP contribution in [0.4, 0.5) is 0 Å². The van der Waals surface area contributed by atoms with Gasteiger partial charge in [-0.15, -0.1) is 10.2 Å². The van der Waals surface area contributed by atoms with E-state index in [1.807, 2.05) is 35.6 Å². The van der Waals surface area contributed by atoms with Crippen molar-refractivity contribution in [2.75, 3.05) is 5.75 Å². The predicted octanol–water partition coefficient (Wildman–Crippen LogP) is 2.18. The lowest BCUT2D eigenvalue weighted by atomic mass is 10.2. The fourth-order valence-electron chi connectivity index (χ4n) is 2.24. The van der Waals surface area contributed by atoms with E-state index in [4.69, 9.17) is 0 Å². The molecule has 0 saturated heterocycles. The molecule has 0 fully saturated rings. The molecule has 0 saturated carbocycles. The van der Waals surface area contributed by atoms with Crippen LogP contribution in [-0.4, -0.2) is 24.9 Å². The van der Waals surface area contributed by atoms with Crippen molar-refractivity contribution in [3.63, 3.8) is 0 Å². The van der Waals surface area contributed by atoms with Crippen molar-refractivity contribution in [2.24, 2.45) is 0 Å². The molecule has 1 aromatic carbocycles. The number of benzene rings is 1. The summed E-state index contributed by atoms with van der Waals surface area (Å²) in [6.45, 7) is 4.60. The van der Waals surface area contributed by atoms with Crippen LogP contribution in [0.5, 0.6) is 0 Å². The lowest BCUT2D eigenvalue weighted by molar-refractivity contribution is 0.733. The first-order valence-electron chi connectivity index (χ1n) is 6.27. The highest BCUT2D eigenvalue weighted by atomic mass is 32.2. The molecule has 0 bridgehead atoms. The van der Waals surface area contributed by atoms with Gasteiger partial charge in [0.05, 0.1) is 10.9 Å². The topological polar surface area (TPSA) is 52.2 Å². The quantitative estimate of drug-likeness (QED) is 0.687. The summed E-state index contributed by atoms with van der Waals surface area (Å²) < 4.78 is 3.63. The minimum absolute atomic E-state index is 0.00829. The van der Waals surface area contributed by atoms with Crippen LogP contribution in [0, 0.1) is 0 Å². The van der Waals surface area contributed by atoms with Crippen LogP contribution < -0.4 is 5.56 Å². The van der Waals surface area contributed by atoms with Gasteiger partial charge in [-0.2, -0.15) is 0 Å². The molecule has 0 atom stereocenters. The molecule has 0 N–H and O–H groups in total. The molecule has 3 aromatic rings. The van der Waals surface area contributed by atoms with E-state index in [1.54, 1.807) is 16.3 Å². The fourth-order valence-corrected chi connectivity index (χ4v) is 2.91. The molecule has 0 aliphatic rings. The Bertz CT molecular complexity index is 805. The molecule has 0 radical (unpaired) electrons. The molecule has 2 aromatic heterocycles. The van der Waals surface area contributed by atoms with Crippen LogP contribution in [0.25, 0.3) is 16.7 Å². The maximum Gasteiger partial charge on any atom is 0.262 e. The smallest absolute Gasteiger partial charge is 0.262 e. The number of fused-ring (bicyclic) bond motifs is 3. The second-order valence-corrected chi connectivity index (χ2v) is 5.35. The summed E-state index contributed by atoms with van der Waals surface area (Å²) in [5.41, 5.74) is 0.860. The average Bonchev–Trinajstić information content (AvgIpc) is 2.84. The molecule has 6 heteroatoms. The lowest BCUT2D eigenvalue weighted by Crippen LogP contribution is -2.22. The first-order chi connectivity index (χ1) is 9.27. The minimum Gasteiger partial charge on any atom is -0.277 e. The Kier molecular flexibility index (Phi) is 3.02. The second-order valence-electron chi connectivity index (χ2n) is 4.12. The molecular weight excluding hydrogens is 260 g/mol. The SMILES string of the molecule is CCSc1nnc2n(CC)c(=O)c3ccccc3n12. The number of aryl methyl sites for hydroxylation is 1. The van der Waals surface area contributed by atoms with Gasteiger partial charge in [-0.1, -0.05) is 30.8 Å². The van der Waals surface area contributed by atoms with Crippen LogP contribution in [0.15, 0.2) is 34.2 Å². The Morgan fingerprint density at radius 1 is 1.21 bits per heavy atom. The number of thioether (sulfide) groups is 1. The predicted molar refractivity (Wildman–Crippen MR) is 76.8 cm³/mol. The maximum atomic E-state index is 12.4. The van der Waals surface area contributed by atoms with Crippen molar-refractivity contribution in [1.82, 2.24) is 19.2 Å². The van der Waals surface area contributed by atoms with Crippen molar-refractivity contribution >= 4 is 28.4 Å². The normalized spacial score (nSPS) is 11.5. The van der Waals surface area contributed by atoms with Crippen molar-refractivity contribution in [3.05, 3.63) is 34.6 Å². The van der Waals surface area contributed by atoms with E-state index in [0.717, 1.165) is 16.4 Å². The highest BCUT2D eigenvalue weighted by molar-refractivity contribution is 7.99. The summed E-state index contributed by atoms with van der Waals surface area (Å²) in [6.07, 6.45) is 0. The van der Waals surface area contributed by atoms with Gasteiger partial charge in [0, 0.05) is 6.54 Å². The molecule has 0 spiro atoms. The number of hydrogen-bond acceptors (Lipinski definition) is 4. The van der Waals surface area contributed by atoms with Crippen molar-refractivity contribution < 1.29 is 0 Å². The molecule has 0 amide bonds. The zero-order valence-corrected chi connectivity index (χ0v) is 11.6. The molecule has 5 nitrogen and oxygen atoms in total. The van der Waals surface area contributed by atoms with Crippen LogP contribution in [0.1, 0.15) is 13.8 Å². The van der Waals surface area contributed by atoms with Crippen LogP contribution in [-0.2, 0) is 6.54 Å². The Morgan fingerprint density at radius 2 is 2.00 bits per heavy atom. The average molecular weight is 274 g/mol. The monoisotopic (exact) mass is 274 g/mol. The third-order valence-corrected chi connectivity index (χ3v) is 3.88. The standard InChI is InChI=1S/C13H14N4OS/c1-3-16-11(18)9-7-5-6-8-10(9)17-12(16)14-15-13(17)19-4-2/h5-8H,3-4H2,1-2H3. The largest absolute Gasteiger partial charge is 0.277 e. The van der Waals surface area contributed by atoms with E-state index in [1.165, 1.54) is 0 Å². The van der Waals surface area contributed by atoms with Gasteiger partial charge < -0.3 is 0 Å². The van der Waals surface area contributed by atoms with Gasteiger partial charge in [0.2, 0.25) is 5.78 Å². The van der Waals surface area contributed by atoms with E-state index in [0.29, 0.717) is 17.7 Å². The maximum absolute atomic E-state index is 12.4. The first-order valence-corrected chi connectivity index (χ1v) is 7.26. The third kappa shape index (κ3) is 1.74. The summed E-state index contributed by atoms with van der Waals surface area (Å²) in [5.74, 6) is 1.53. The summed E-state index contributed by atoms with van der Waals surface area (Å²) >= 11 is 1.63. The highest BCUT2D eigenvalue weighted by Crippen LogP contribution is 2.20. The van der Waals surface area contributed by atoms with E-state index >= 15 is 0 Å². The third-order valence-electron chi connectivity index (χ3n) is 3.07. The Labute approximate surface area is 114 Å². The fraction of sp³-hybridized carbons (Fsp3) is 0.308. The lowest BCUT2D eigenvalue weighted by Gasteiger charge is -2.08. The molecule has 2 heterocycles.